The molecule has 0 heterocycles. The van der Waals surface area contributed by atoms with E-state index in [1.807, 2.05) is 0 Å². The first-order chi connectivity index (χ1) is 23.7. The van der Waals surface area contributed by atoms with Gasteiger partial charge in [-0.1, -0.05) is 55.0 Å². The van der Waals surface area contributed by atoms with E-state index in [1.54, 1.807) is 0 Å². The average Bonchev–Trinajstić information content (AvgIpc) is 3.33. The summed E-state index contributed by atoms with van der Waals surface area (Å²) >= 11 is 0. The van der Waals surface area contributed by atoms with Crippen molar-refractivity contribution in [1.29, 1.82) is 0 Å². The lowest BCUT2D eigenvalue weighted by Crippen LogP contribution is -2.77. The van der Waals surface area contributed by atoms with Gasteiger partial charge in [-0.3, -0.25) is 4.79 Å². The minimum atomic E-state index is -1.86. The zero-order valence-corrected chi connectivity index (χ0v) is 39.2. The highest BCUT2D eigenvalue weighted by molar-refractivity contribution is 6.74. The number of rotatable bonds is 25. The van der Waals surface area contributed by atoms with Gasteiger partial charge in [0.2, 0.25) is 0 Å². The maximum Gasteiger partial charge on any atom is 0.315 e. The maximum absolute atomic E-state index is 13.7. The molecule has 0 aliphatic heterocycles. The van der Waals surface area contributed by atoms with Gasteiger partial charge in [0.1, 0.15) is 0 Å². The van der Waals surface area contributed by atoms with Crippen LogP contribution in [-0.2, 0) is 13.6 Å². The molecule has 0 aromatic rings. The SMILES string of the molecule is C=C(CCC(CCCC(C)(C)O[Si](CC)(CC)CC)(NCC[Si+](CC)CC)[C@@]1(N)CC[C@@]2(N)C(=O)CCC[C@@]21C)C(C)(C)O[Si](CC)(CC)CC. The first-order valence-electron chi connectivity index (χ1n) is 21.5. The van der Waals surface area contributed by atoms with Crippen LogP contribution in [0.25, 0.3) is 0 Å². The van der Waals surface area contributed by atoms with Crippen molar-refractivity contribution in [1.82, 2.24) is 5.32 Å². The summed E-state index contributed by atoms with van der Waals surface area (Å²) in [5.41, 5.74) is 13.5. The highest BCUT2D eigenvalue weighted by Crippen LogP contribution is 2.61. The number of ketones is 1. The molecule has 2 aliphatic carbocycles. The second kappa shape index (κ2) is 18.7. The van der Waals surface area contributed by atoms with Gasteiger partial charge in [-0.15, -0.1) is 0 Å². The van der Waals surface area contributed by atoms with E-state index in [0.29, 0.717) is 12.8 Å². The molecule has 298 valence electrons. The molecule has 6 nitrogen and oxygen atoms in total. The lowest BCUT2D eigenvalue weighted by molar-refractivity contribution is -0.134. The van der Waals surface area contributed by atoms with Crippen LogP contribution < -0.4 is 16.8 Å². The molecule has 0 amide bonds. The van der Waals surface area contributed by atoms with Gasteiger partial charge < -0.3 is 25.6 Å². The lowest BCUT2D eigenvalue weighted by Gasteiger charge is -2.60. The van der Waals surface area contributed by atoms with Gasteiger partial charge >= 0.3 is 8.80 Å². The number of fused-ring (bicyclic) bond motifs is 1. The van der Waals surface area contributed by atoms with Crippen LogP contribution in [0.15, 0.2) is 12.2 Å². The summed E-state index contributed by atoms with van der Waals surface area (Å²) in [6.45, 7) is 35.7. The summed E-state index contributed by atoms with van der Waals surface area (Å²) in [6.07, 6.45) is 8.39. The molecule has 9 heteroatoms. The summed E-state index contributed by atoms with van der Waals surface area (Å²) in [5, 5.41) is 4.29. The third-order valence-electron chi connectivity index (χ3n) is 15.2. The molecule has 51 heavy (non-hydrogen) atoms. The summed E-state index contributed by atoms with van der Waals surface area (Å²) in [6, 6.07) is 10.6. The summed E-state index contributed by atoms with van der Waals surface area (Å²) in [5.74, 6) is 0.216. The Morgan fingerprint density at radius 1 is 0.824 bits per heavy atom. The molecule has 0 radical (unpaired) electrons. The van der Waals surface area contributed by atoms with Gasteiger partial charge in [-0.25, -0.2) is 0 Å². The second-order valence-corrected chi connectivity index (χ2v) is 31.0. The third kappa shape index (κ3) is 9.82. The molecule has 4 atom stereocenters. The number of carbonyl (C=O) groups is 1. The Bertz CT molecular complexity index is 1110. The van der Waals surface area contributed by atoms with Crippen LogP contribution in [0.4, 0.5) is 0 Å². The molecule has 0 aromatic heterocycles. The normalized spacial score (nSPS) is 25.9. The number of hydrogen-bond acceptors (Lipinski definition) is 6. The summed E-state index contributed by atoms with van der Waals surface area (Å²) < 4.78 is 14.3. The van der Waals surface area contributed by atoms with E-state index in [1.165, 1.54) is 18.1 Å². The summed E-state index contributed by atoms with van der Waals surface area (Å²) in [4.78, 5) is 13.7. The predicted octanol–water partition coefficient (Wildman–Crippen LogP) is 10.9. The van der Waals surface area contributed by atoms with Crippen molar-refractivity contribution in [2.75, 3.05) is 6.54 Å². The van der Waals surface area contributed by atoms with E-state index < -0.39 is 53.1 Å². The highest BCUT2D eigenvalue weighted by atomic mass is 28.4. The number of hydrogen-bond donors (Lipinski definition) is 3. The Kier molecular flexibility index (Phi) is 17.2. The van der Waals surface area contributed by atoms with Crippen molar-refractivity contribution in [2.45, 2.75) is 236 Å². The van der Waals surface area contributed by atoms with Crippen molar-refractivity contribution < 1.29 is 13.6 Å². The Hall–Kier alpha value is -0.139. The Balaban J connectivity index is 2.64. The van der Waals surface area contributed by atoms with E-state index in [-0.39, 0.29) is 11.4 Å². The minimum Gasteiger partial charge on any atom is -0.412 e. The molecule has 2 aliphatic rings. The third-order valence-corrected chi connectivity index (χ3v) is 27.8. The van der Waals surface area contributed by atoms with Gasteiger partial charge in [-0.05, 0) is 141 Å². The van der Waals surface area contributed by atoms with Crippen LogP contribution in [0.5, 0.6) is 0 Å². The van der Waals surface area contributed by atoms with Crippen molar-refractivity contribution in [3.05, 3.63) is 12.2 Å². The predicted molar refractivity (Wildman–Crippen MR) is 229 cm³/mol. The Morgan fingerprint density at radius 2 is 1.35 bits per heavy atom. The number of nitrogens with one attached hydrogen (secondary N) is 1. The molecule has 0 bridgehead atoms. The molecule has 0 saturated heterocycles. The fourth-order valence-corrected chi connectivity index (χ4v) is 18.5. The molecule has 2 rings (SSSR count). The van der Waals surface area contributed by atoms with Gasteiger partial charge in [-0.2, -0.15) is 0 Å². The second-order valence-electron chi connectivity index (χ2n) is 18.2. The van der Waals surface area contributed by atoms with Crippen molar-refractivity contribution >= 4 is 31.2 Å². The van der Waals surface area contributed by atoms with Crippen molar-refractivity contribution in [3.63, 3.8) is 0 Å². The van der Waals surface area contributed by atoms with Crippen LogP contribution in [0.3, 0.4) is 0 Å². The number of carbonyl (C=O) groups excluding carboxylic acids is 1. The highest BCUT2D eigenvalue weighted by Gasteiger charge is 2.71. The number of nitrogens with two attached hydrogens (primary N) is 2. The van der Waals surface area contributed by atoms with E-state index in [2.05, 4.69) is 95.3 Å². The van der Waals surface area contributed by atoms with Crippen molar-refractivity contribution in [2.24, 2.45) is 16.9 Å². The first-order valence-corrected chi connectivity index (χ1v) is 28.7. The molecule has 0 aromatic carbocycles. The number of Topliss-reactive ketones (excluding diaryl/α,β-unsaturated/α-hetero) is 1. The first kappa shape index (κ1) is 47.0. The smallest absolute Gasteiger partial charge is 0.315 e. The van der Waals surface area contributed by atoms with Gasteiger partial charge in [0.25, 0.3) is 0 Å². The van der Waals surface area contributed by atoms with Gasteiger partial charge in [0.05, 0.1) is 34.9 Å². The zero-order valence-electron chi connectivity index (χ0n) is 36.2. The van der Waals surface area contributed by atoms with E-state index >= 15 is 0 Å². The van der Waals surface area contributed by atoms with Crippen LogP contribution in [0.2, 0.25) is 54.4 Å². The van der Waals surface area contributed by atoms with E-state index in [4.69, 9.17) is 26.9 Å². The lowest BCUT2D eigenvalue weighted by atomic mass is 9.51. The van der Waals surface area contributed by atoms with E-state index in [0.717, 1.165) is 99.7 Å². The molecule has 5 N–H and O–H groups in total. The van der Waals surface area contributed by atoms with Crippen LogP contribution in [-0.4, -0.2) is 65.6 Å². The van der Waals surface area contributed by atoms with E-state index in [9.17, 15) is 4.79 Å². The monoisotopic (exact) mass is 765 g/mol. The Labute approximate surface area is 321 Å². The Morgan fingerprint density at radius 3 is 1.86 bits per heavy atom. The molecule has 2 saturated carbocycles. The quantitative estimate of drug-likeness (QED) is 0.0632. The standard InChI is InChI=1S/C42H86N3O3Si3/c1-15-49(16-2)34-33-45-40(29-24-27-37(10,11)47-50(17-3,18-4)19-5,30-26-35(9)38(12,13)48-51(20-6,21-7)22-8)42(44)32-31-41(43)36(46)25-23-28-39(41,42)14/h45H,9,15-34,43-44H2,1-8,10-14H3/q+1/t39-,40?,41+,42+/m0/s1. The van der Waals surface area contributed by atoms with Crippen LogP contribution in [0.1, 0.15) is 154 Å². The average molecular weight is 765 g/mol. The van der Waals surface area contributed by atoms with Gasteiger partial charge in [0.15, 0.2) is 22.4 Å². The maximum atomic E-state index is 13.7. The fourth-order valence-electron chi connectivity index (χ4n) is 10.5. The van der Waals surface area contributed by atoms with Crippen LogP contribution >= 0.6 is 0 Å². The fraction of sp³-hybridized carbons (Fsp3) is 0.929. The topological polar surface area (TPSA) is 99.6 Å². The molecule has 0 spiro atoms. The summed E-state index contributed by atoms with van der Waals surface area (Å²) in [7, 11) is -4.07. The molecular formula is C42H86N3O3Si3+. The van der Waals surface area contributed by atoms with Crippen LogP contribution in [0, 0.1) is 5.41 Å². The molecular weight excluding hydrogens is 679 g/mol. The minimum absolute atomic E-state index is 0.200. The van der Waals surface area contributed by atoms with Gasteiger partial charge in [0, 0.05) is 29.5 Å². The molecule has 2 fully saturated rings. The zero-order chi connectivity index (χ0) is 39.0. The largest absolute Gasteiger partial charge is 0.412 e. The van der Waals surface area contributed by atoms with Crippen molar-refractivity contribution in [3.8, 4) is 0 Å². The molecule has 1 unspecified atom stereocenters.